The molecule has 0 radical (unpaired) electrons. The summed E-state index contributed by atoms with van der Waals surface area (Å²) in [6.07, 6.45) is 3.41. The van der Waals surface area contributed by atoms with Gasteiger partial charge < -0.3 is 4.74 Å². The molecule has 3 aliphatic heterocycles. The number of ether oxygens (including phenoxy) is 1. The van der Waals surface area contributed by atoms with Gasteiger partial charge in [0.15, 0.2) is 0 Å². The van der Waals surface area contributed by atoms with E-state index in [1.807, 2.05) is 12.2 Å². The van der Waals surface area contributed by atoms with Crippen LogP contribution in [-0.4, -0.2) is 24.0 Å². The van der Waals surface area contributed by atoms with E-state index in [4.69, 9.17) is 4.74 Å². The molecule has 1 N–H and O–H groups in total. The van der Waals surface area contributed by atoms with Gasteiger partial charge in [0.25, 0.3) is 0 Å². The van der Waals surface area contributed by atoms with Crippen molar-refractivity contribution >= 4 is 11.8 Å². The normalized spacial score (nSPS) is 48.3. The molecule has 3 aliphatic rings. The first-order valence-corrected chi connectivity index (χ1v) is 3.96. The molecule has 0 aromatic heterocycles. The highest BCUT2D eigenvalue weighted by Crippen LogP contribution is 2.41. The maximum Gasteiger partial charge on any atom is 0.233 e. The van der Waals surface area contributed by atoms with Crippen molar-refractivity contribution in [1.29, 1.82) is 0 Å². The van der Waals surface area contributed by atoms with Crippen molar-refractivity contribution in [2.75, 3.05) is 0 Å². The molecule has 12 heavy (non-hydrogen) atoms. The summed E-state index contributed by atoms with van der Waals surface area (Å²) in [4.78, 5) is 22.4. The van der Waals surface area contributed by atoms with Crippen molar-refractivity contribution in [2.45, 2.75) is 12.2 Å². The van der Waals surface area contributed by atoms with E-state index in [1.54, 1.807) is 0 Å². The predicted molar refractivity (Wildman–Crippen MR) is 37.9 cm³/mol. The van der Waals surface area contributed by atoms with Gasteiger partial charge in [-0.05, 0) is 0 Å². The minimum absolute atomic E-state index is 0.161. The van der Waals surface area contributed by atoms with Crippen LogP contribution in [0.3, 0.4) is 0 Å². The SMILES string of the molecule is O=C1NC(=O)[C@H]2C3C=C[C@H](O3)[C@@H]12. The molecule has 2 fully saturated rings. The minimum Gasteiger partial charge on any atom is -0.365 e. The molecule has 0 aromatic carbocycles. The zero-order valence-corrected chi connectivity index (χ0v) is 6.19. The van der Waals surface area contributed by atoms with Crippen LogP contribution in [0.5, 0.6) is 0 Å². The molecule has 2 saturated heterocycles. The molecule has 3 rings (SSSR count). The summed E-state index contributed by atoms with van der Waals surface area (Å²) in [5.74, 6) is -0.872. The molecule has 4 nitrogen and oxygen atoms in total. The van der Waals surface area contributed by atoms with Crippen LogP contribution < -0.4 is 5.32 Å². The lowest BCUT2D eigenvalue weighted by atomic mass is 9.85. The largest absolute Gasteiger partial charge is 0.365 e. The molecular weight excluding hydrogens is 158 g/mol. The summed E-state index contributed by atoms with van der Waals surface area (Å²) >= 11 is 0. The van der Waals surface area contributed by atoms with Gasteiger partial charge in [-0.2, -0.15) is 0 Å². The van der Waals surface area contributed by atoms with Crippen LogP contribution in [0.15, 0.2) is 12.2 Å². The first-order valence-electron chi connectivity index (χ1n) is 3.96. The Hall–Kier alpha value is -1.16. The molecule has 2 bridgehead atoms. The summed E-state index contributed by atoms with van der Waals surface area (Å²) < 4.78 is 5.39. The summed E-state index contributed by atoms with van der Waals surface area (Å²) in [7, 11) is 0. The van der Waals surface area contributed by atoms with Gasteiger partial charge in [0.05, 0.1) is 24.0 Å². The van der Waals surface area contributed by atoms with Crippen molar-refractivity contribution in [1.82, 2.24) is 5.32 Å². The molecule has 0 spiro atoms. The van der Waals surface area contributed by atoms with Crippen LogP contribution in [0.25, 0.3) is 0 Å². The Labute approximate surface area is 68.6 Å². The Morgan fingerprint density at radius 1 is 1.08 bits per heavy atom. The fourth-order valence-electron chi connectivity index (χ4n) is 2.22. The average Bonchev–Trinajstić information content (AvgIpc) is 2.64. The molecule has 2 amide bonds. The third-order valence-electron chi connectivity index (χ3n) is 2.75. The van der Waals surface area contributed by atoms with Crippen LogP contribution in [0.4, 0.5) is 0 Å². The van der Waals surface area contributed by atoms with Crippen molar-refractivity contribution in [3.63, 3.8) is 0 Å². The number of nitrogens with one attached hydrogen (secondary N) is 1. The van der Waals surface area contributed by atoms with Crippen LogP contribution in [0, 0.1) is 11.8 Å². The lowest BCUT2D eigenvalue weighted by molar-refractivity contribution is -0.128. The topological polar surface area (TPSA) is 55.4 Å². The fraction of sp³-hybridized carbons (Fsp3) is 0.500. The summed E-state index contributed by atoms with van der Waals surface area (Å²) in [5.41, 5.74) is 0. The Bertz CT molecular complexity index is 281. The first kappa shape index (κ1) is 6.37. The van der Waals surface area contributed by atoms with E-state index in [9.17, 15) is 9.59 Å². The molecule has 1 unspecified atom stereocenters. The van der Waals surface area contributed by atoms with Crippen LogP contribution in [0.2, 0.25) is 0 Å². The van der Waals surface area contributed by atoms with Gasteiger partial charge in [0, 0.05) is 0 Å². The molecule has 0 aliphatic carbocycles. The molecular formula is C8H7NO3. The Morgan fingerprint density at radius 3 is 2.08 bits per heavy atom. The number of hydrogen-bond acceptors (Lipinski definition) is 3. The van der Waals surface area contributed by atoms with Crippen molar-refractivity contribution in [3.05, 3.63) is 12.2 Å². The number of fused-ring (bicyclic) bond motifs is 5. The van der Waals surface area contributed by atoms with Gasteiger partial charge in [-0.1, -0.05) is 12.2 Å². The zero-order chi connectivity index (χ0) is 8.29. The van der Waals surface area contributed by atoms with E-state index in [0.29, 0.717) is 0 Å². The Kier molecular flexibility index (Phi) is 0.939. The van der Waals surface area contributed by atoms with Gasteiger partial charge in [-0.3, -0.25) is 14.9 Å². The second-order valence-electron chi connectivity index (χ2n) is 3.36. The molecule has 4 atom stereocenters. The van der Waals surface area contributed by atoms with Gasteiger partial charge in [0.1, 0.15) is 0 Å². The summed E-state index contributed by atoms with van der Waals surface area (Å²) in [5, 5.41) is 2.32. The Balaban J connectivity index is 2.08. The quantitative estimate of drug-likeness (QED) is 0.378. The van der Waals surface area contributed by atoms with Gasteiger partial charge in [-0.25, -0.2) is 0 Å². The third-order valence-corrected chi connectivity index (χ3v) is 2.75. The molecule has 3 heterocycles. The van der Waals surface area contributed by atoms with E-state index >= 15 is 0 Å². The lowest BCUT2D eigenvalue weighted by Gasteiger charge is -2.10. The third kappa shape index (κ3) is 0.536. The van der Waals surface area contributed by atoms with E-state index in [1.165, 1.54) is 0 Å². The molecule has 0 aromatic rings. The van der Waals surface area contributed by atoms with Gasteiger partial charge >= 0.3 is 0 Å². The van der Waals surface area contributed by atoms with Gasteiger partial charge in [-0.15, -0.1) is 0 Å². The molecule has 62 valence electrons. The fourth-order valence-corrected chi connectivity index (χ4v) is 2.22. The number of hydrogen-bond donors (Lipinski definition) is 1. The van der Waals surface area contributed by atoms with Crippen LogP contribution >= 0.6 is 0 Å². The minimum atomic E-state index is -0.257. The highest BCUT2D eigenvalue weighted by Gasteiger charge is 2.57. The number of carbonyl (C=O) groups excluding carboxylic acids is 2. The van der Waals surface area contributed by atoms with Crippen molar-refractivity contribution in [2.24, 2.45) is 11.8 Å². The summed E-state index contributed by atoms with van der Waals surface area (Å²) in [6, 6.07) is 0. The number of amides is 2. The predicted octanol–water partition coefficient (Wildman–Crippen LogP) is -0.788. The highest BCUT2D eigenvalue weighted by molar-refractivity contribution is 6.06. The second kappa shape index (κ2) is 1.77. The molecule has 0 saturated carbocycles. The standard InChI is InChI=1S/C8H7NO3/c10-7-5-3-1-2-4(12-3)6(5)8(11)9-7/h1-6H,(H,9,10,11)/t3-,4?,5+,6-/m0/s1. The van der Waals surface area contributed by atoms with Crippen LogP contribution in [0.1, 0.15) is 0 Å². The lowest BCUT2D eigenvalue weighted by Crippen LogP contribution is -2.27. The second-order valence-corrected chi connectivity index (χ2v) is 3.36. The summed E-state index contributed by atoms with van der Waals surface area (Å²) in [6.45, 7) is 0. The van der Waals surface area contributed by atoms with Crippen molar-refractivity contribution < 1.29 is 14.3 Å². The van der Waals surface area contributed by atoms with E-state index in [-0.39, 0.29) is 35.9 Å². The average molecular weight is 165 g/mol. The van der Waals surface area contributed by atoms with E-state index in [2.05, 4.69) is 5.32 Å². The maximum absolute atomic E-state index is 11.2. The molecule has 4 heteroatoms. The number of rotatable bonds is 0. The smallest absolute Gasteiger partial charge is 0.233 e. The van der Waals surface area contributed by atoms with Crippen molar-refractivity contribution in [3.8, 4) is 0 Å². The monoisotopic (exact) mass is 165 g/mol. The van der Waals surface area contributed by atoms with E-state index < -0.39 is 0 Å². The van der Waals surface area contributed by atoms with E-state index in [0.717, 1.165) is 0 Å². The maximum atomic E-state index is 11.2. The highest BCUT2D eigenvalue weighted by atomic mass is 16.5. The number of imide groups is 1. The van der Waals surface area contributed by atoms with Gasteiger partial charge in [0.2, 0.25) is 11.8 Å². The number of carbonyl (C=O) groups is 2. The first-order chi connectivity index (χ1) is 5.77. The van der Waals surface area contributed by atoms with Crippen LogP contribution in [-0.2, 0) is 14.3 Å². The Morgan fingerprint density at radius 2 is 1.58 bits per heavy atom. The zero-order valence-electron chi connectivity index (χ0n) is 6.19.